The van der Waals surface area contributed by atoms with Gasteiger partial charge < -0.3 is 5.32 Å². The lowest BCUT2D eigenvalue weighted by molar-refractivity contribution is 0.0891. The first-order chi connectivity index (χ1) is 15.0. The summed E-state index contributed by atoms with van der Waals surface area (Å²) in [7, 11) is 0. The number of nitrogens with one attached hydrogen (secondary N) is 1. The quantitative estimate of drug-likeness (QED) is 0.410. The fraction of sp³-hybridized carbons (Fsp3) is 0.385. The van der Waals surface area contributed by atoms with Crippen molar-refractivity contribution in [1.29, 1.82) is 0 Å². The average Bonchev–Trinajstić information content (AvgIpc) is 3.34. The van der Waals surface area contributed by atoms with Gasteiger partial charge in [0.25, 0.3) is 5.91 Å². The number of aromatic nitrogens is 2. The van der Waals surface area contributed by atoms with E-state index in [1.165, 1.54) is 18.4 Å². The summed E-state index contributed by atoms with van der Waals surface area (Å²) in [4.78, 5) is 18.7. The van der Waals surface area contributed by atoms with E-state index in [4.69, 9.17) is 4.98 Å². The molecule has 0 aliphatic heterocycles. The first kappa shape index (κ1) is 20.3. The van der Waals surface area contributed by atoms with Crippen LogP contribution in [0.25, 0.3) is 26.4 Å². The van der Waals surface area contributed by atoms with E-state index in [-0.39, 0.29) is 11.9 Å². The zero-order chi connectivity index (χ0) is 21.5. The summed E-state index contributed by atoms with van der Waals surface area (Å²) in [5.41, 5.74) is 5.28. The normalized spacial score (nSPS) is 21.6. The SMILES string of the molecule is CCc1ccc(-c2cn3c(n2)sc2cc(C(=O)NC4CCCC(C)C4C)ccc23)cc1. The summed E-state index contributed by atoms with van der Waals surface area (Å²) >= 11 is 1.64. The molecular formula is C26H29N3OS. The van der Waals surface area contributed by atoms with E-state index in [0.717, 1.165) is 44.8 Å². The van der Waals surface area contributed by atoms with Gasteiger partial charge in [0, 0.05) is 23.4 Å². The van der Waals surface area contributed by atoms with E-state index in [9.17, 15) is 4.79 Å². The molecule has 1 N–H and O–H groups in total. The molecule has 0 radical (unpaired) electrons. The Morgan fingerprint density at radius 2 is 1.97 bits per heavy atom. The maximum atomic E-state index is 12.9. The van der Waals surface area contributed by atoms with E-state index < -0.39 is 0 Å². The summed E-state index contributed by atoms with van der Waals surface area (Å²) in [5, 5.41) is 3.29. The molecule has 2 heterocycles. The maximum Gasteiger partial charge on any atom is 0.251 e. The van der Waals surface area contributed by atoms with Gasteiger partial charge in [0.15, 0.2) is 4.96 Å². The summed E-state index contributed by atoms with van der Waals surface area (Å²) in [6, 6.07) is 14.9. The van der Waals surface area contributed by atoms with E-state index in [0.29, 0.717) is 11.8 Å². The lowest BCUT2D eigenvalue weighted by atomic mass is 9.78. The van der Waals surface area contributed by atoms with Gasteiger partial charge in [0.2, 0.25) is 0 Å². The number of amides is 1. The second-order valence-corrected chi connectivity index (χ2v) is 9.97. The Balaban J connectivity index is 1.40. The Kier molecular flexibility index (Phi) is 5.30. The second-order valence-electron chi connectivity index (χ2n) is 8.96. The fourth-order valence-corrected chi connectivity index (χ4v) is 5.78. The first-order valence-corrected chi connectivity index (χ1v) is 12.2. The van der Waals surface area contributed by atoms with Crippen LogP contribution < -0.4 is 5.32 Å². The maximum absolute atomic E-state index is 12.9. The van der Waals surface area contributed by atoms with Crippen molar-refractivity contribution < 1.29 is 4.79 Å². The third-order valence-electron chi connectivity index (χ3n) is 7.04. The molecule has 0 saturated heterocycles. The number of aryl methyl sites for hydroxylation is 1. The predicted octanol–water partition coefficient (Wildman–Crippen LogP) is 6.33. The van der Waals surface area contributed by atoms with Crippen molar-refractivity contribution in [3.63, 3.8) is 0 Å². The highest BCUT2D eigenvalue weighted by Crippen LogP contribution is 2.32. The third kappa shape index (κ3) is 3.76. The van der Waals surface area contributed by atoms with Crippen LogP contribution in [0.2, 0.25) is 0 Å². The van der Waals surface area contributed by atoms with Gasteiger partial charge >= 0.3 is 0 Å². The highest BCUT2D eigenvalue weighted by atomic mass is 32.1. The highest BCUT2D eigenvalue weighted by Gasteiger charge is 2.28. The molecule has 0 bridgehead atoms. The topological polar surface area (TPSA) is 46.4 Å². The van der Waals surface area contributed by atoms with Gasteiger partial charge in [0.1, 0.15) is 0 Å². The van der Waals surface area contributed by atoms with Crippen LogP contribution in [0, 0.1) is 11.8 Å². The Hall–Kier alpha value is -2.66. The zero-order valence-electron chi connectivity index (χ0n) is 18.4. The molecule has 5 rings (SSSR count). The largest absolute Gasteiger partial charge is 0.349 e. The number of thiazole rings is 1. The van der Waals surface area contributed by atoms with Gasteiger partial charge in [-0.1, -0.05) is 69.2 Å². The lowest BCUT2D eigenvalue weighted by Crippen LogP contribution is -2.43. The molecule has 4 nitrogen and oxygen atoms in total. The number of nitrogens with zero attached hydrogens (tertiary/aromatic N) is 2. The molecule has 3 unspecified atom stereocenters. The van der Waals surface area contributed by atoms with Gasteiger partial charge in [0.05, 0.1) is 15.9 Å². The molecule has 1 fully saturated rings. The summed E-state index contributed by atoms with van der Waals surface area (Å²) in [6.07, 6.45) is 6.67. The molecule has 3 atom stereocenters. The van der Waals surface area contributed by atoms with Crippen molar-refractivity contribution >= 4 is 32.4 Å². The van der Waals surface area contributed by atoms with Crippen LogP contribution >= 0.6 is 11.3 Å². The number of carbonyl (C=O) groups is 1. The highest BCUT2D eigenvalue weighted by molar-refractivity contribution is 7.23. The first-order valence-electron chi connectivity index (χ1n) is 11.4. The van der Waals surface area contributed by atoms with Crippen LogP contribution in [-0.2, 0) is 6.42 Å². The molecule has 1 saturated carbocycles. The Labute approximate surface area is 187 Å². The number of hydrogen-bond donors (Lipinski definition) is 1. The van der Waals surface area contributed by atoms with Crippen molar-refractivity contribution in [2.45, 2.75) is 52.5 Å². The minimum atomic E-state index is 0.0376. The van der Waals surface area contributed by atoms with Crippen LogP contribution in [0.3, 0.4) is 0 Å². The molecule has 1 aliphatic carbocycles. The van der Waals surface area contributed by atoms with Crippen LogP contribution in [0.15, 0.2) is 48.7 Å². The van der Waals surface area contributed by atoms with Crippen molar-refractivity contribution in [3.05, 3.63) is 59.8 Å². The van der Waals surface area contributed by atoms with Gasteiger partial charge in [-0.3, -0.25) is 9.20 Å². The van der Waals surface area contributed by atoms with Crippen LogP contribution in [0.1, 0.15) is 56.0 Å². The molecular weight excluding hydrogens is 402 g/mol. The van der Waals surface area contributed by atoms with Gasteiger partial charge in [-0.2, -0.15) is 0 Å². The molecule has 0 spiro atoms. The van der Waals surface area contributed by atoms with Gasteiger partial charge in [-0.15, -0.1) is 0 Å². The summed E-state index contributed by atoms with van der Waals surface area (Å²) in [6.45, 7) is 6.72. The fourth-order valence-electron chi connectivity index (χ4n) is 4.73. The molecule has 2 aromatic heterocycles. The molecule has 2 aromatic carbocycles. The number of benzene rings is 2. The molecule has 5 heteroatoms. The van der Waals surface area contributed by atoms with Crippen molar-refractivity contribution in [1.82, 2.24) is 14.7 Å². The molecule has 31 heavy (non-hydrogen) atoms. The van der Waals surface area contributed by atoms with Crippen molar-refractivity contribution in [3.8, 4) is 11.3 Å². The molecule has 160 valence electrons. The molecule has 1 aliphatic rings. The van der Waals surface area contributed by atoms with Gasteiger partial charge in [-0.05, 0) is 48.4 Å². The van der Waals surface area contributed by atoms with Crippen molar-refractivity contribution in [2.24, 2.45) is 11.8 Å². The second kappa shape index (κ2) is 8.12. The van der Waals surface area contributed by atoms with Crippen LogP contribution in [-0.4, -0.2) is 21.3 Å². The Morgan fingerprint density at radius 1 is 1.16 bits per heavy atom. The van der Waals surface area contributed by atoms with Crippen molar-refractivity contribution in [2.75, 3.05) is 0 Å². The third-order valence-corrected chi connectivity index (χ3v) is 8.06. The number of hydrogen-bond acceptors (Lipinski definition) is 3. The number of fused-ring (bicyclic) bond motifs is 3. The number of imidazole rings is 1. The Bertz CT molecular complexity index is 1240. The van der Waals surface area contributed by atoms with E-state index >= 15 is 0 Å². The van der Waals surface area contributed by atoms with E-state index in [1.54, 1.807) is 11.3 Å². The lowest BCUT2D eigenvalue weighted by Gasteiger charge is -2.34. The zero-order valence-corrected chi connectivity index (χ0v) is 19.2. The minimum absolute atomic E-state index is 0.0376. The Morgan fingerprint density at radius 3 is 2.74 bits per heavy atom. The minimum Gasteiger partial charge on any atom is -0.349 e. The van der Waals surface area contributed by atoms with Crippen LogP contribution in [0.5, 0.6) is 0 Å². The van der Waals surface area contributed by atoms with E-state index in [1.807, 2.05) is 18.2 Å². The summed E-state index contributed by atoms with van der Waals surface area (Å²) < 4.78 is 3.23. The summed E-state index contributed by atoms with van der Waals surface area (Å²) in [5.74, 6) is 1.23. The van der Waals surface area contributed by atoms with Crippen LogP contribution in [0.4, 0.5) is 0 Å². The number of rotatable bonds is 4. The predicted molar refractivity (Wildman–Crippen MR) is 129 cm³/mol. The van der Waals surface area contributed by atoms with Gasteiger partial charge in [-0.25, -0.2) is 4.98 Å². The monoisotopic (exact) mass is 431 g/mol. The molecule has 1 amide bonds. The molecule has 4 aromatic rings. The van der Waals surface area contributed by atoms with E-state index in [2.05, 4.69) is 61.0 Å². The standard InChI is InChI=1S/C26H29N3OS/c1-4-18-8-10-19(11-9-18)22-15-29-23-13-12-20(14-24(23)31-26(29)28-22)25(30)27-21-7-5-6-16(2)17(21)3/h8-17,21H,4-7H2,1-3H3,(H,27,30). The number of carbonyl (C=O) groups excluding carboxylic acids is 1. The smallest absolute Gasteiger partial charge is 0.251 e. The average molecular weight is 432 g/mol.